The maximum absolute atomic E-state index is 4.77. The van der Waals surface area contributed by atoms with Crippen LogP contribution < -0.4 is 0 Å². The third kappa shape index (κ3) is 1.63. The van der Waals surface area contributed by atoms with Gasteiger partial charge in [0.2, 0.25) is 0 Å². The molecule has 2 aromatic rings. The van der Waals surface area contributed by atoms with Crippen molar-refractivity contribution in [3.8, 4) is 0 Å². The minimum atomic E-state index is 0.636. The lowest BCUT2D eigenvalue weighted by atomic mass is 10.1. The number of hydrogen-bond acceptors (Lipinski definition) is 2. The van der Waals surface area contributed by atoms with Crippen LogP contribution in [0.5, 0.6) is 0 Å². The van der Waals surface area contributed by atoms with Gasteiger partial charge >= 0.3 is 0 Å². The Morgan fingerprint density at radius 2 is 2.25 bits per heavy atom. The van der Waals surface area contributed by atoms with Gasteiger partial charge in [-0.1, -0.05) is 6.07 Å². The van der Waals surface area contributed by atoms with Crippen LogP contribution in [0.2, 0.25) is 0 Å². The van der Waals surface area contributed by atoms with Crippen LogP contribution in [0.15, 0.2) is 12.1 Å². The number of aromatic amines is 1. The van der Waals surface area contributed by atoms with Crippen molar-refractivity contribution >= 4 is 22.8 Å². The van der Waals surface area contributed by atoms with Gasteiger partial charge in [0, 0.05) is 11.7 Å². The van der Waals surface area contributed by atoms with Crippen molar-refractivity contribution in [1.82, 2.24) is 9.97 Å². The number of H-pyrrole nitrogens is 1. The minimum Gasteiger partial charge on any atom is -0.342 e. The summed E-state index contributed by atoms with van der Waals surface area (Å²) in [5, 5.41) is 0. The van der Waals surface area contributed by atoms with Crippen molar-refractivity contribution in [2.24, 2.45) is 0 Å². The van der Waals surface area contributed by atoms with Crippen LogP contribution in [0.3, 0.4) is 0 Å². The summed E-state index contributed by atoms with van der Waals surface area (Å²) in [6.45, 7) is 4.28. The maximum atomic E-state index is 4.77. The molecule has 1 saturated heterocycles. The van der Waals surface area contributed by atoms with Crippen molar-refractivity contribution < 1.29 is 0 Å². The number of benzene rings is 1. The molecule has 3 rings (SSSR count). The fourth-order valence-corrected chi connectivity index (χ4v) is 3.66. The standard InChI is InChI=1S/C13H16N2S/c1-8-5-9(2)12-11(6-8)14-13(15-12)10-3-4-16-7-10/h5-6,10H,3-4,7H2,1-2H3,(H,14,15). The Hall–Kier alpha value is -0.960. The predicted octanol–water partition coefficient (Wildman–Crippen LogP) is 3.40. The second-order valence-electron chi connectivity index (χ2n) is 4.66. The van der Waals surface area contributed by atoms with Crippen molar-refractivity contribution in [3.05, 3.63) is 29.1 Å². The van der Waals surface area contributed by atoms with Gasteiger partial charge < -0.3 is 4.98 Å². The molecule has 0 amide bonds. The van der Waals surface area contributed by atoms with Crippen LogP contribution in [0.4, 0.5) is 0 Å². The molecular formula is C13H16N2S. The van der Waals surface area contributed by atoms with Crippen molar-refractivity contribution in [3.63, 3.8) is 0 Å². The molecule has 0 aliphatic carbocycles. The first kappa shape index (κ1) is 10.2. The first-order chi connectivity index (χ1) is 7.74. The average Bonchev–Trinajstić information content (AvgIpc) is 2.82. The molecular weight excluding hydrogens is 216 g/mol. The summed E-state index contributed by atoms with van der Waals surface area (Å²) in [4.78, 5) is 8.26. The monoisotopic (exact) mass is 232 g/mol. The molecule has 1 aliphatic heterocycles. The number of hydrogen-bond donors (Lipinski definition) is 1. The number of rotatable bonds is 1. The first-order valence-electron chi connectivity index (χ1n) is 5.78. The Morgan fingerprint density at radius 3 is 3.00 bits per heavy atom. The zero-order valence-electron chi connectivity index (χ0n) is 9.71. The van der Waals surface area contributed by atoms with E-state index < -0.39 is 0 Å². The summed E-state index contributed by atoms with van der Waals surface area (Å²) in [6.07, 6.45) is 1.27. The summed E-state index contributed by atoms with van der Waals surface area (Å²) < 4.78 is 0. The van der Waals surface area contributed by atoms with Crippen molar-refractivity contribution in [2.75, 3.05) is 11.5 Å². The second kappa shape index (κ2) is 3.81. The number of aryl methyl sites for hydroxylation is 2. The zero-order chi connectivity index (χ0) is 11.1. The molecule has 84 valence electrons. The number of imidazole rings is 1. The van der Waals surface area contributed by atoms with Crippen LogP contribution in [0.25, 0.3) is 11.0 Å². The fraction of sp³-hybridized carbons (Fsp3) is 0.462. The van der Waals surface area contributed by atoms with Crippen LogP contribution in [-0.2, 0) is 0 Å². The Balaban J connectivity index is 2.11. The predicted molar refractivity (Wildman–Crippen MR) is 70.3 cm³/mol. The van der Waals surface area contributed by atoms with Gasteiger partial charge in [0.1, 0.15) is 5.82 Å². The van der Waals surface area contributed by atoms with E-state index in [1.165, 1.54) is 40.4 Å². The van der Waals surface area contributed by atoms with Crippen LogP contribution >= 0.6 is 11.8 Å². The van der Waals surface area contributed by atoms with Crippen LogP contribution in [0, 0.1) is 13.8 Å². The lowest BCUT2D eigenvalue weighted by molar-refractivity contribution is 0.733. The summed E-state index contributed by atoms with van der Waals surface area (Å²) >= 11 is 2.03. The minimum absolute atomic E-state index is 0.636. The molecule has 0 spiro atoms. The molecule has 1 atom stereocenters. The largest absolute Gasteiger partial charge is 0.342 e. The maximum Gasteiger partial charge on any atom is 0.111 e. The van der Waals surface area contributed by atoms with Gasteiger partial charge in [-0.15, -0.1) is 0 Å². The summed E-state index contributed by atoms with van der Waals surface area (Å²) in [5.41, 5.74) is 4.94. The van der Waals surface area contributed by atoms with E-state index in [9.17, 15) is 0 Å². The first-order valence-corrected chi connectivity index (χ1v) is 6.94. The third-order valence-electron chi connectivity index (χ3n) is 3.26. The molecule has 2 nitrogen and oxygen atoms in total. The molecule has 0 bridgehead atoms. The summed E-state index contributed by atoms with van der Waals surface area (Å²) in [6, 6.07) is 4.40. The Kier molecular flexibility index (Phi) is 2.43. The topological polar surface area (TPSA) is 28.7 Å². The average molecular weight is 232 g/mol. The quantitative estimate of drug-likeness (QED) is 0.816. The number of aromatic nitrogens is 2. The number of nitrogens with one attached hydrogen (secondary N) is 1. The lowest BCUT2D eigenvalue weighted by Gasteiger charge is -2.01. The van der Waals surface area contributed by atoms with E-state index in [1.807, 2.05) is 11.8 Å². The number of nitrogens with zero attached hydrogens (tertiary/aromatic N) is 1. The highest BCUT2D eigenvalue weighted by atomic mass is 32.2. The SMILES string of the molecule is Cc1cc(C)c2nc(C3CCSC3)[nH]c2c1. The van der Waals surface area contributed by atoms with Gasteiger partial charge in [0.25, 0.3) is 0 Å². The van der Waals surface area contributed by atoms with E-state index >= 15 is 0 Å². The molecule has 2 heterocycles. The van der Waals surface area contributed by atoms with E-state index in [0.29, 0.717) is 5.92 Å². The fourth-order valence-electron chi connectivity index (χ4n) is 2.43. The van der Waals surface area contributed by atoms with E-state index in [-0.39, 0.29) is 0 Å². The van der Waals surface area contributed by atoms with E-state index in [4.69, 9.17) is 4.98 Å². The zero-order valence-corrected chi connectivity index (χ0v) is 10.5. The lowest BCUT2D eigenvalue weighted by Crippen LogP contribution is -1.98. The third-order valence-corrected chi connectivity index (χ3v) is 4.42. The van der Waals surface area contributed by atoms with E-state index in [2.05, 4.69) is 31.0 Å². The normalized spacial score (nSPS) is 20.8. The molecule has 1 aliphatic rings. The van der Waals surface area contributed by atoms with Gasteiger partial charge in [-0.25, -0.2) is 4.98 Å². The highest BCUT2D eigenvalue weighted by molar-refractivity contribution is 7.99. The highest BCUT2D eigenvalue weighted by Crippen LogP contribution is 2.32. The van der Waals surface area contributed by atoms with Crippen LogP contribution in [-0.4, -0.2) is 21.5 Å². The molecule has 0 radical (unpaired) electrons. The number of thioether (sulfide) groups is 1. The van der Waals surface area contributed by atoms with E-state index in [1.54, 1.807) is 0 Å². The van der Waals surface area contributed by atoms with Gasteiger partial charge in [-0.3, -0.25) is 0 Å². The van der Waals surface area contributed by atoms with Gasteiger partial charge in [-0.2, -0.15) is 11.8 Å². The molecule has 1 aromatic carbocycles. The van der Waals surface area contributed by atoms with Crippen LogP contribution in [0.1, 0.15) is 29.3 Å². The molecule has 1 unspecified atom stereocenters. The van der Waals surface area contributed by atoms with Gasteiger partial charge in [0.15, 0.2) is 0 Å². The summed E-state index contributed by atoms with van der Waals surface area (Å²) in [7, 11) is 0. The molecule has 3 heteroatoms. The Labute approximate surface area is 99.8 Å². The smallest absolute Gasteiger partial charge is 0.111 e. The Morgan fingerprint density at radius 1 is 1.38 bits per heavy atom. The second-order valence-corrected chi connectivity index (χ2v) is 5.81. The van der Waals surface area contributed by atoms with Gasteiger partial charge in [0.05, 0.1) is 11.0 Å². The molecule has 1 fully saturated rings. The van der Waals surface area contributed by atoms with Crippen molar-refractivity contribution in [2.45, 2.75) is 26.2 Å². The highest BCUT2D eigenvalue weighted by Gasteiger charge is 2.21. The number of fused-ring (bicyclic) bond motifs is 1. The molecule has 0 saturated carbocycles. The molecule has 1 aromatic heterocycles. The molecule has 1 N–H and O–H groups in total. The van der Waals surface area contributed by atoms with Crippen molar-refractivity contribution in [1.29, 1.82) is 0 Å². The summed E-state index contributed by atoms with van der Waals surface area (Å²) in [5.74, 6) is 4.32. The molecule has 16 heavy (non-hydrogen) atoms. The van der Waals surface area contributed by atoms with E-state index in [0.717, 1.165) is 5.52 Å². The Bertz CT molecular complexity index is 524. The van der Waals surface area contributed by atoms with Gasteiger partial charge in [-0.05, 0) is 43.2 Å².